The minimum absolute atomic E-state index is 0.0689. The molecule has 1 fully saturated rings. The van der Waals surface area contributed by atoms with E-state index < -0.39 is 25.9 Å². The molecule has 2 aliphatic rings. The Morgan fingerprint density at radius 2 is 1.90 bits per heavy atom. The number of amides is 4. The molecular formula is C29H33N3O6Si. The van der Waals surface area contributed by atoms with Crippen LogP contribution in [0.2, 0.25) is 25.7 Å². The lowest BCUT2D eigenvalue weighted by Crippen LogP contribution is -2.55. The average molecular weight is 548 g/mol. The molecule has 1 atom stereocenters. The van der Waals surface area contributed by atoms with Crippen LogP contribution in [0.1, 0.15) is 44.7 Å². The molecule has 0 saturated carbocycles. The largest absolute Gasteiger partial charge is 0.481 e. The maximum absolute atomic E-state index is 13.3. The van der Waals surface area contributed by atoms with Crippen LogP contribution in [0.4, 0.5) is 0 Å². The van der Waals surface area contributed by atoms with E-state index in [1.165, 1.54) is 4.90 Å². The van der Waals surface area contributed by atoms with Gasteiger partial charge < -0.3 is 20.1 Å². The summed E-state index contributed by atoms with van der Waals surface area (Å²) in [4.78, 5) is 53.1. The molecule has 0 aromatic heterocycles. The fourth-order valence-electron chi connectivity index (χ4n) is 4.49. The summed E-state index contributed by atoms with van der Waals surface area (Å²) in [6, 6.07) is 12.0. The highest BCUT2D eigenvalue weighted by molar-refractivity contribution is 6.76. The van der Waals surface area contributed by atoms with Gasteiger partial charge in [0.2, 0.25) is 11.8 Å². The Kier molecular flexibility index (Phi) is 8.53. The standard InChI is InChI=1S/C29H33N3O6Si/c1-39(2,3)16-15-37-19-32-26(33)13-12-25(29(32)36)31-18-24-20(7-5-11-23(24)28(31)35)9-6-14-38-22-10-4-8-21(17-22)27(30)34/h4-5,7-8,10-11,17,25H,12-16,18-19H2,1-3H3,(H2,30,34). The molecule has 204 valence electrons. The number of piperidine rings is 1. The topological polar surface area (TPSA) is 119 Å². The summed E-state index contributed by atoms with van der Waals surface area (Å²) in [7, 11) is -1.30. The van der Waals surface area contributed by atoms with Gasteiger partial charge in [0.25, 0.3) is 11.8 Å². The first-order valence-electron chi connectivity index (χ1n) is 12.9. The second-order valence-corrected chi connectivity index (χ2v) is 16.4. The van der Waals surface area contributed by atoms with Gasteiger partial charge in [-0.2, -0.15) is 0 Å². The van der Waals surface area contributed by atoms with Crippen molar-refractivity contribution in [2.45, 2.75) is 51.1 Å². The van der Waals surface area contributed by atoms with Gasteiger partial charge in [-0.05, 0) is 48.4 Å². The molecule has 10 heteroatoms. The number of ether oxygens (including phenoxy) is 2. The molecule has 0 radical (unpaired) electrons. The number of primary amides is 1. The van der Waals surface area contributed by atoms with E-state index in [2.05, 4.69) is 31.5 Å². The van der Waals surface area contributed by atoms with Crippen LogP contribution in [-0.4, -0.2) is 67.5 Å². The van der Waals surface area contributed by atoms with Gasteiger partial charge in [0, 0.05) is 44.3 Å². The number of carbonyl (C=O) groups is 4. The number of rotatable bonds is 9. The van der Waals surface area contributed by atoms with Crippen LogP contribution in [0.5, 0.6) is 5.75 Å². The van der Waals surface area contributed by atoms with Gasteiger partial charge in [-0.1, -0.05) is 43.6 Å². The van der Waals surface area contributed by atoms with E-state index >= 15 is 0 Å². The Bertz CT molecular complexity index is 1360. The molecule has 2 heterocycles. The molecular weight excluding hydrogens is 514 g/mol. The molecule has 4 amide bonds. The van der Waals surface area contributed by atoms with Crippen molar-refractivity contribution >= 4 is 31.7 Å². The number of fused-ring (bicyclic) bond motifs is 1. The highest BCUT2D eigenvalue weighted by Crippen LogP contribution is 2.31. The lowest BCUT2D eigenvalue weighted by Gasteiger charge is -2.35. The van der Waals surface area contributed by atoms with Crippen LogP contribution in [-0.2, 0) is 20.9 Å². The summed E-state index contributed by atoms with van der Waals surface area (Å²) in [5, 5.41) is 0. The van der Waals surface area contributed by atoms with E-state index in [-0.39, 0.29) is 44.5 Å². The van der Waals surface area contributed by atoms with E-state index in [1.807, 2.05) is 6.07 Å². The molecule has 1 unspecified atom stereocenters. The zero-order valence-corrected chi connectivity index (χ0v) is 23.5. The predicted octanol–water partition coefficient (Wildman–Crippen LogP) is 3.00. The first-order chi connectivity index (χ1) is 18.5. The first-order valence-corrected chi connectivity index (χ1v) is 16.6. The number of nitrogens with two attached hydrogens (primary N) is 1. The van der Waals surface area contributed by atoms with Gasteiger partial charge >= 0.3 is 0 Å². The third-order valence-electron chi connectivity index (χ3n) is 6.73. The Labute approximate surface area is 229 Å². The van der Waals surface area contributed by atoms with Crippen molar-refractivity contribution in [1.82, 2.24) is 9.80 Å². The van der Waals surface area contributed by atoms with E-state index in [1.54, 1.807) is 36.4 Å². The second-order valence-electron chi connectivity index (χ2n) is 10.8. The smallest absolute Gasteiger partial charge is 0.255 e. The molecule has 39 heavy (non-hydrogen) atoms. The molecule has 0 aliphatic carbocycles. The Morgan fingerprint density at radius 1 is 1.13 bits per heavy atom. The fourth-order valence-corrected chi connectivity index (χ4v) is 5.25. The summed E-state index contributed by atoms with van der Waals surface area (Å²) in [5.41, 5.74) is 7.56. The van der Waals surface area contributed by atoms with Crippen molar-refractivity contribution in [3.8, 4) is 17.6 Å². The van der Waals surface area contributed by atoms with Crippen molar-refractivity contribution in [2.24, 2.45) is 5.73 Å². The molecule has 0 spiro atoms. The maximum Gasteiger partial charge on any atom is 0.255 e. The molecule has 1 saturated heterocycles. The van der Waals surface area contributed by atoms with E-state index in [0.717, 1.165) is 16.5 Å². The van der Waals surface area contributed by atoms with E-state index in [0.29, 0.717) is 29.0 Å². The highest BCUT2D eigenvalue weighted by Gasteiger charge is 2.43. The van der Waals surface area contributed by atoms with E-state index in [4.69, 9.17) is 15.2 Å². The lowest BCUT2D eigenvalue weighted by molar-refractivity contribution is -0.158. The van der Waals surface area contributed by atoms with Crippen molar-refractivity contribution in [1.29, 1.82) is 0 Å². The fraction of sp³-hybridized carbons (Fsp3) is 0.379. The van der Waals surface area contributed by atoms with Gasteiger partial charge in [-0.3, -0.25) is 24.1 Å². The van der Waals surface area contributed by atoms with Crippen molar-refractivity contribution in [3.63, 3.8) is 0 Å². The molecule has 4 rings (SSSR count). The average Bonchev–Trinajstić information content (AvgIpc) is 3.22. The van der Waals surface area contributed by atoms with Crippen LogP contribution in [0.15, 0.2) is 42.5 Å². The van der Waals surface area contributed by atoms with Gasteiger partial charge in [-0.25, -0.2) is 0 Å². The normalized spacial score (nSPS) is 17.1. The molecule has 2 N–H and O–H groups in total. The third kappa shape index (κ3) is 6.74. The number of likely N-dealkylation sites (tertiary alicyclic amines) is 1. The number of imide groups is 1. The maximum atomic E-state index is 13.3. The van der Waals surface area contributed by atoms with Crippen LogP contribution >= 0.6 is 0 Å². The molecule has 2 aliphatic heterocycles. The zero-order valence-electron chi connectivity index (χ0n) is 22.5. The number of benzene rings is 2. The second kappa shape index (κ2) is 11.8. The van der Waals surface area contributed by atoms with Crippen molar-refractivity contribution in [3.05, 3.63) is 64.7 Å². The van der Waals surface area contributed by atoms with Gasteiger partial charge in [0.15, 0.2) is 0 Å². The minimum atomic E-state index is -1.30. The molecule has 9 nitrogen and oxygen atoms in total. The highest BCUT2D eigenvalue weighted by atomic mass is 28.3. The van der Waals surface area contributed by atoms with Crippen LogP contribution in [0, 0.1) is 11.8 Å². The van der Waals surface area contributed by atoms with Crippen LogP contribution < -0.4 is 10.5 Å². The Hall–Kier alpha value is -3.94. The molecule has 2 aromatic carbocycles. The van der Waals surface area contributed by atoms with E-state index in [9.17, 15) is 19.2 Å². The summed E-state index contributed by atoms with van der Waals surface area (Å²) in [6.45, 7) is 7.40. The summed E-state index contributed by atoms with van der Waals surface area (Å²) in [6.07, 6.45) is 0.455. The predicted molar refractivity (Wildman–Crippen MR) is 147 cm³/mol. The summed E-state index contributed by atoms with van der Waals surface area (Å²) >= 11 is 0. The summed E-state index contributed by atoms with van der Waals surface area (Å²) in [5.74, 6) is 5.01. The van der Waals surface area contributed by atoms with Crippen molar-refractivity contribution in [2.75, 3.05) is 19.9 Å². The van der Waals surface area contributed by atoms with Crippen LogP contribution in [0.25, 0.3) is 0 Å². The minimum Gasteiger partial charge on any atom is -0.481 e. The quantitative estimate of drug-likeness (QED) is 0.223. The van der Waals surface area contributed by atoms with Gasteiger partial charge in [0.1, 0.15) is 25.1 Å². The lowest BCUT2D eigenvalue weighted by atomic mass is 10.0. The number of hydrogen-bond acceptors (Lipinski definition) is 6. The number of nitrogens with zero attached hydrogens (tertiary/aromatic N) is 2. The SMILES string of the molecule is C[Si](C)(C)CCOCN1C(=O)CCC(N2Cc3c(C#CCOc4cccc(C(N)=O)c4)cccc3C2=O)C1=O. The van der Waals surface area contributed by atoms with Crippen LogP contribution in [0.3, 0.4) is 0 Å². The van der Waals surface area contributed by atoms with Gasteiger partial charge in [-0.15, -0.1) is 0 Å². The molecule has 2 aromatic rings. The van der Waals surface area contributed by atoms with Crippen molar-refractivity contribution < 1.29 is 28.7 Å². The molecule has 0 bridgehead atoms. The third-order valence-corrected chi connectivity index (χ3v) is 8.43. The zero-order chi connectivity index (χ0) is 28.2. The van der Waals surface area contributed by atoms with Gasteiger partial charge in [0.05, 0.1) is 0 Å². The first kappa shape index (κ1) is 28.1. The monoisotopic (exact) mass is 547 g/mol. The summed E-state index contributed by atoms with van der Waals surface area (Å²) < 4.78 is 11.3. The number of hydrogen-bond donors (Lipinski definition) is 1. The Balaban J connectivity index is 1.42. The number of carbonyl (C=O) groups excluding carboxylic acids is 4. The Morgan fingerprint density at radius 3 is 2.64 bits per heavy atom.